The first-order valence-electron chi connectivity index (χ1n) is 10.3. The molecule has 0 unspecified atom stereocenters. The van der Waals surface area contributed by atoms with Crippen molar-refractivity contribution in [3.8, 4) is 0 Å². The molecule has 0 radical (unpaired) electrons. The monoisotopic (exact) mass is 505 g/mol. The maximum absolute atomic E-state index is 13.1. The fourth-order valence-electron chi connectivity index (χ4n) is 3.85. The Labute approximate surface area is 193 Å². The summed E-state index contributed by atoms with van der Waals surface area (Å²) in [7, 11) is 0. The van der Waals surface area contributed by atoms with Crippen molar-refractivity contribution in [2.24, 2.45) is 0 Å². The summed E-state index contributed by atoms with van der Waals surface area (Å²) in [5.74, 6) is -0.474. The van der Waals surface area contributed by atoms with E-state index in [-0.39, 0.29) is 24.3 Å². The molecule has 31 heavy (non-hydrogen) atoms. The number of halogens is 1. The van der Waals surface area contributed by atoms with Gasteiger partial charge in [-0.3, -0.25) is 14.4 Å². The van der Waals surface area contributed by atoms with E-state index in [0.29, 0.717) is 30.0 Å². The fourth-order valence-corrected chi connectivity index (χ4v) is 5.13. The van der Waals surface area contributed by atoms with E-state index in [0.717, 1.165) is 35.3 Å². The minimum Gasteiger partial charge on any atom is -0.378 e. The molecule has 0 saturated carbocycles. The molecule has 2 fully saturated rings. The Morgan fingerprint density at radius 3 is 2.58 bits per heavy atom. The van der Waals surface area contributed by atoms with Gasteiger partial charge in [-0.1, -0.05) is 6.42 Å². The van der Waals surface area contributed by atoms with Gasteiger partial charge in [0.25, 0.3) is 11.8 Å². The van der Waals surface area contributed by atoms with Crippen molar-refractivity contribution in [2.75, 3.05) is 30.0 Å². The molecule has 1 atom stereocenters. The number of amides is 3. The summed E-state index contributed by atoms with van der Waals surface area (Å²) < 4.78 is 6.31. The highest BCUT2D eigenvalue weighted by Crippen LogP contribution is 2.27. The molecule has 1 aromatic heterocycles. The molecule has 2 N–H and O–H groups in total. The Balaban J connectivity index is 1.45. The van der Waals surface area contributed by atoms with Gasteiger partial charge in [0.15, 0.2) is 0 Å². The first-order chi connectivity index (χ1) is 15.0. The van der Waals surface area contributed by atoms with Crippen LogP contribution >= 0.6 is 27.3 Å². The van der Waals surface area contributed by atoms with Crippen molar-refractivity contribution in [2.45, 2.75) is 37.6 Å². The average Bonchev–Trinajstić information content (AvgIpc) is 3.36. The van der Waals surface area contributed by atoms with E-state index in [1.807, 2.05) is 17.0 Å². The lowest BCUT2D eigenvalue weighted by Gasteiger charge is -2.27. The van der Waals surface area contributed by atoms with Crippen LogP contribution in [0.5, 0.6) is 0 Å². The Morgan fingerprint density at radius 1 is 1.10 bits per heavy atom. The molecule has 2 saturated heterocycles. The number of rotatable bonds is 5. The highest BCUT2D eigenvalue weighted by molar-refractivity contribution is 9.11. The molecule has 0 spiro atoms. The van der Waals surface area contributed by atoms with Crippen LogP contribution in [0.15, 0.2) is 40.2 Å². The smallest absolute Gasteiger partial charge is 0.262 e. The second-order valence-corrected chi connectivity index (χ2v) is 10.3. The van der Waals surface area contributed by atoms with Gasteiger partial charge in [-0.25, -0.2) is 0 Å². The van der Waals surface area contributed by atoms with E-state index in [9.17, 15) is 14.4 Å². The van der Waals surface area contributed by atoms with Gasteiger partial charge in [-0.15, -0.1) is 11.3 Å². The van der Waals surface area contributed by atoms with Gasteiger partial charge in [-0.05, 0) is 65.2 Å². The Bertz CT molecular complexity index is 969. The summed E-state index contributed by atoms with van der Waals surface area (Å²) in [6, 6.07) is 10.8. The van der Waals surface area contributed by atoms with E-state index >= 15 is 0 Å². The Kier molecular flexibility index (Phi) is 6.74. The molecular weight excluding hydrogens is 482 g/mol. The molecular formula is C22H24BrN3O4S. The zero-order valence-electron chi connectivity index (χ0n) is 17.0. The van der Waals surface area contributed by atoms with E-state index in [1.54, 1.807) is 24.3 Å². The SMILES string of the molecule is O=C(N[C@]1(C(=O)Nc2ccc(N3CCCCCC3=O)cc2)CCOC1)c1ccc(Br)s1. The van der Waals surface area contributed by atoms with Crippen LogP contribution in [0, 0.1) is 0 Å². The minimum atomic E-state index is -1.12. The van der Waals surface area contributed by atoms with Gasteiger partial charge in [0.05, 0.1) is 15.3 Å². The van der Waals surface area contributed by atoms with Gasteiger partial charge < -0.3 is 20.3 Å². The normalized spacial score (nSPS) is 21.6. The lowest BCUT2D eigenvalue weighted by Crippen LogP contribution is -2.57. The predicted molar refractivity (Wildman–Crippen MR) is 124 cm³/mol. The van der Waals surface area contributed by atoms with Crippen LogP contribution in [0.4, 0.5) is 11.4 Å². The van der Waals surface area contributed by atoms with Crippen LogP contribution in [0.2, 0.25) is 0 Å². The molecule has 2 aromatic rings. The molecule has 4 rings (SSSR count). The van der Waals surface area contributed by atoms with Crippen molar-refractivity contribution in [1.82, 2.24) is 5.32 Å². The number of hydrogen-bond donors (Lipinski definition) is 2. The Hall–Kier alpha value is -2.23. The van der Waals surface area contributed by atoms with E-state index in [2.05, 4.69) is 26.6 Å². The number of nitrogens with zero attached hydrogens (tertiary/aromatic N) is 1. The standard InChI is InChI=1S/C22H24BrN3O4S/c23-18-10-9-17(31-18)20(28)25-22(11-13-30-14-22)21(29)24-15-5-7-16(8-6-15)26-12-3-1-2-4-19(26)27/h5-10H,1-4,11-14H2,(H,24,29)(H,25,28)/t22-/m1/s1. The number of benzene rings is 1. The molecule has 0 bridgehead atoms. The molecule has 3 heterocycles. The maximum Gasteiger partial charge on any atom is 0.262 e. The Morgan fingerprint density at radius 2 is 1.90 bits per heavy atom. The van der Waals surface area contributed by atoms with Crippen LogP contribution in [0.25, 0.3) is 0 Å². The van der Waals surface area contributed by atoms with Gasteiger partial charge in [0.2, 0.25) is 5.91 Å². The first kappa shape index (κ1) is 22.0. The highest BCUT2D eigenvalue weighted by Gasteiger charge is 2.44. The summed E-state index contributed by atoms with van der Waals surface area (Å²) in [5, 5.41) is 5.78. The zero-order valence-corrected chi connectivity index (χ0v) is 19.4. The highest BCUT2D eigenvalue weighted by atomic mass is 79.9. The minimum absolute atomic E-state index is 0.123. The van der Waals surface area contributed by atoms with Gasteiger partial charge in [-0.2, -0.15) is 0 Å². The van der Waals surface area contributed by atoms with E-state index in [4.69, 9.17) is 4.74 Å². The van der Waals surface area contributed by atoms with Crippen LogP contribution in [0.3, 0.4) is 0 Å². The molecule has 3 amide bonds. The maximum atomic E-state index is 13.1. The predicted octanol–water partition coefficient (Wildman–Crippen LogP) is 3.95. The molecule has 0 aliphatic carbocycles. The van der Waals surface area contributed by atoms with Gasteiger partial charge in [0.1, 0.15) is 5.54 Å². The number of nitrogens with one attached hydrogen (secondary N) is 2. The second-order valence-electron chi connectivity index (χ2n) is 7.80. The molecule has 164 valence electrons. The van der Waals surface area contributed by atoms with Crippen LogP contribution in [0.1, 0.15) is 41.8 Å². The third-order valence-corrected chi connectivity index (χ3v) is 7.24. The summed E-state index contributed by atoms with van der Waals surface area (Å²) in [5.41, 5.74) is 0.322. The molecule has 1 aromatic carbocycles. The van der Waals surface area contributed by atoms with Crippen molar-refractivity contribution in [3.63, 3.8) is 0 Å². The third-order valence-electron chi connectivity index (χ3n) is 5.62. The zero-order chi connectivity index (χ0) is 21.8. The number of carbonyl (C=O) groups is 3. The number of ether oxygens (including phenoxy) is 1. The quantitative estimate of drug-likeness (QED) is 0.643. The van der Waals surface area contributed by atoms with Crippen LogP contribution < -0.4 is 15.5 Å². The lowest BCUT2D eigenvalue weighted by atomic mass is 9.97. The average molecular weight is 506 g/mol. The van der Waals surface area contributed by atoms with E-state index < -0.39 is 5.54 Å². The second kappa shape index (κ2) is 9.50. The number of hydrogen-bond acceptors (Lipinski definition) is 5. The third kappa shape index (κ3) is 4.99. The van der Waals surface area contributed by atoms with Gasteiger partial charge >= 0.3 is 0 Å². The fraction of sp³-hybridized carbons (Fsp3) is 0.409. The summed E-state index contributed by atoms with van der Waals surface area (Å²) in [4.78, 5) is 40.4. The number of carbonyl (C=O) groups excluding carboxylic acids is 3. The van der Waals surface area contributed by atoms with Crippen LogP contribution in [-0.2, 0) is 14.3 Å². The molecule has 7 nitrogen and oxygen atoms in total. The van der Waals surface area contributed by atoms with Crippen molar-refractivity contribution in [3.05, 3.63) is 45.1 Å². The van der Waals surface area contributed by atoms with E-state index in [1.165, 1.54) is 11.3 Å². The molecule has 2 aliphatic rings. The van der Waals surface area contributed by atoms with Crippen molar-refractivity contribution < 1.29 is 19.1 Å². The summed E-state index contributed by atoms with van der Waals surface area (Å²) >= 11 is 4.66. The van der Waals surface area contributed by atoms with Crippen molar-refractivity contribution >= 4 is 56.4 Å². The summed E-state index contributed by atoms with van der Waals surface area (Å²) in [6.07, 6.45) is 3.96. The number of anilines is 2. The van der Waals surface area contributed by atoms with Crippen molar-refractivity contribution in [1.29, 1.82) is 0 Å². The molecule has 9 heteroatoms. The topological polar surface area (TPSA) is 87.7 Å². The largest absolute Gasteiger partial charge is 0.378 e. The van der Waals surface area contributed by atoms with Crippen LogP contribution in [-0.4, -0.2) is 43.0 Å². The summed E-state index contributed by atoms with van der Waals surface area (Å²) in [6.45, 7) is 1.24. The lowest BCUT2D eigenvalue weighted by molar-refractivity contribution is -0.122. The molecule has 2 aliphatic heterocycles. The first-order valence-corrected chi connectivity index (χ1v) is 12.0. The number of thiophene rings is 1. The van der Waals surface area contributed by atoms with Gasteiger partial charge in [0, 0.05) is 37.4 Å².